The molecule has 6 heteroatoms. The van der Waals surface area contributed by atoms with Gasteiger partial charge in [0, 0.05) is 56.0 Å². The van der Waals surface area contributed by atoms with Gasteiger partial charge in [0.05, 0.1) is 17.1 Å². The van der Waals surface area contributed by atoms with Crippen molar-refractivity contribution in [1.82, 2.24) is 19.4 Å². The molecule has 4 heterocycles. The van der Waals surface area contributed by atoms with Crippen molar-refractivity contribution in [1.29, 1.82) is 0 Å². The van der Waals surface area contributed by atoms with E-state index in [1.54, 1.807) is 19.2 Å². The highest BCUT2D eigenvalue weighted by Crippen LogP contribution is 2.36. The van der Waals surface area contributed by atoms with E-state index in [1.165, 1.54) is 0 Å². The third-order valence-corrected chi connectivity index (χ3v) is 5.35. The zero-order chi connectivity index (χ0) is 17.7. The van der Waals surface area contributed by atoms with Gasteiger partial charge in [-0.3, -0.25) is 14.6 Å². The number of nitrogens with zero attached hydrogens (tertiary/aromatic N) is 4. The number of aromatic nitrogens is 3. The van der Waals surface area contributed by atoms with Crippen molar-refractivity contribution >= 4 is 5.91 Å². The van der Waals surface area contributed by atoms with Gasteiger partial charge < -0.3 is 9.47 Å². The fourth-order valence-electron chi connectivity index (χ4n) is 4.16. The van der Waals surface area contributed by atoms with Crippen molar-refractivity contribution in [2.75, 3.05) is 13.1 Å². The molecule has 1 saturated heterocycles. The van der Waals surface area contributed by atoms with E-state index in [0.29, 0.717) is 19.0 Å². The fraction of sp³-hybridized carbons (Fsp3) is 0.474. The Morgan fingerprint density at radius 2 is 2.00 bits per heavy atom. The van der Waals surface area contributed by atoms with Crippen molar-refractivity contribution in [2.45, 2.75) is 39.7 Å². The summed E-state index contributed by atoms with van der Waals surface area (Å²) in [6.07, 6.45) is 2.77. The number of piperidine rings is 1. The van der Waals surface area contributed by atoms with Gasteiger partial charge in [-0.2, -0.15) is 0 Å². The molecule has 0 radical (unpaired) electrons. The van der Waals surface area contributed by atoms with Gasteiger partial charge >= 0.3 is 0 Å². The molecule has 2 aliphatic heterocycles. The lowest BCUT2D eigenvalue weighted by atomic mass is 9.82. The lowest BCUT2D eigenvalue weighted by molar-refractivity contribution is -0.131. The number of hydrogen-bond donors (Lipinski definition) is 0. The largest absolute Gasteiger partial charge is 0.342 e. The highest BCUT2D eigenvalue weighted by molar-refractivity contribution is 5.73. The average Bonchev–Trinajstić information content (AvgIpc) is 2.57. The van der Waals surface area contributed by atoms with Crippen LogP contribution in [0.15, 0.2) is 23.1 Å². The van der Waals surface area contributed by atoms with Gasteiger partial charge in [-0.05, 0) is 32.3 Å². The Bertz CT molecular complexity index is 918. The third-order valence-electron chi connectivity index (χ3n) is 5.35. The average molecular weight is 338 g/mol. The van der Waals surface area contributed by atoms with Crippen LogP contribution in [0.5, 0.6) is 0 Å². The molecule has 2 atom stereocenters. The standard InChI is InChI=1S/C19H22N4O2/c1-11-7-20-12(2)19(21-11)15-5-17-16-4-14(8-22(10-16)13(3)24)9-23(17)18(25)6-15/h5-7,14,16H,4,8-10H2,1-3H3/t14-,16+/m0/s1. The summed E-state index contributed by atoms with van der Waals surface area (Å²) >= 11 is 0. The Labute approximate surface area is 146 Å². The lowest BCUT2D eigenvalue weighted by Crippen LogP contribution is -2.48. The van der Waals surface area contributed by atoms with Crippen molar-refractivity contribution in [3.8, 4) is 11.3 Å². The molecule has 0 aliphatic carbocycles. The second kappa shape index (κ2) is 5.79. The quantitative estimate of drug-likeness (QED) is 0.796. The summed E-state index contributed by atoms with van der Waals surface area (Å²) in [4.78, 5) is 35.4. The molecule has 0 aromatic carbocycles. The number of fused-ring (bicyclic) bond motifs is 4. The first kappa shape index (κ1) is 16.0. The monoisotopic (exact) mass is 338 g/mol. The number of carbonyl (C=O) groups excluding carboxylic acids is 1. The Balaban J connectivity index is 1.82. The fourth-order valence-corrected chi connectivity index (χ4v) is 4.16. The van der Waals surface area contributed by atoms with Crippen LogP contribution in [0.4, 0.5) is 0 Å². The van der Waals surface area contributed by atoms with E-state index in [2.05, 4.69) is 16.0 Å². The SMILES string of the molecule is CC(=O)N1C[C@@H]2C[C@H](C1)c1cc(-c3nc(C)cnc3C)cc(=O)n1C2. The van der Waals surface area contributed by atoms with E-state index in [4.69, 9.17) is 0 Å². The van der Waals surface area contributed by atoms with Gasteiger partial charge in [0.1, 0.15) is 0 Å². The van der Waals surface area contributed by atoms with Crippen molar-refractivity contribution in [3.05, 3.63) is 45.8 Å². The van der Waals surface area contributed by atoms with Gasteiger partial charge in [-0.1, -0.05) is 0 Å². The molecule has 4 rings (SSSR count). The molecule has 0 saturated carbocycles. The summed E-state index contributed by atoms with van der Waals surface area (Å²) in [7, 11) is 0. The van der Waals surface area contributed by atoms with Gasteiger partial charge in [-0.25, -0.2) is 4.98 Å². The van der Waals surface area contributed by atoms with Crippen LogP contribution in [-0.2, 0) is 11.3 Å². The molecule has 0 spiro atoms. The highest BCUT2D eigenvalue weighted by Gasteiger charge is 2.35. The number of rotatable bonds is 1. The Hall–Kier alpha value is -2.50. The Morgan fingerprint density at radius 1 is 1.20 bits per heavy atom. The van der Waals surface area contributed by atoms with E-state index in [1.807, 2.05) is 23.3 Å². The maximum atomic E-state index is 12.7. The van der Waals surface area contributed by atoms with Crippen LogP contribution in [0.2, 0.25) is 0 Å². The number of aryl methyl sites for hydroxylation is 2. The summed E-state index contributed by atoms with van der Waals surface area (Å²) in [6, 6.07) is 3.74. The first-order chi connectivity index (χ1) is 11.9. The summed E-state index contributed by atoms with van der Waals surface area (Å²) < 4.78 is 1.89. The molecular weight excluding hydrogens is 316 g/mol. The minimum atomic E-state index is 0.0150. The molecule has 0 N–H and O–H groups in total. The number of likely N-dealkylation sites (tertiary alicyclic amines) is 1. The summed E-state index contributed by atoms with van der Waals surface area (Å²) in [5.74, 6) is 0.684. The lowest BCUT2D eigenvalue weighted by Gasteiger charge is -2.42. The third kappa shape index (κ3) is 2.75. The number of hydrogen-bond acceptors (Lipinski definition) is 4. The van der Waals surface area contributed by atoms with Crippen molar-refractivity contribution in [2.24, 2.45) is 5.92 Å². The van der Waals surface area contributed by atoms with E-state index in [9.17, 15) is 9.59 Å². The van der Waals surface area contributed by atoms with Gasteiger partial charge in [-0.15, -0.1) is 0 Å². The van der Waals surface area contributed by atoms with Crippen LogP contribution >= 0.6 is 0 Å². The molecule has 1 fully saturated rings. The summed E-state index contributed by atoms with van der Waals surface area (Å²) in [6.45, 7) is 7.56. The summed E-state index contributed by atoms with van der Waals surface area (Å²) in [5, 5.41) is 0. The van der Waals surface area contributed by atoms with Gasteiger partial charge in [0.15, 0.2) is 0 Å². The zero-order valence-electron chi connectivity index (χ0n) is 14.8. The highest BCUT2D eigenvalue weighted by atomic mass is 16.2. The molecule has 2 aliphatic rings. The number of carbonyl (C=O) groups is 1. The molecule has 130 valence electrons. The second-order valence-electron chi connectivity index (χ2n) is 7.29. The van der Waals surface area contributed by atoms with E-state index in [-0.39, 0.29) is 17.4 Å². The van der Waals surface area contributed by atoms with Crippen LogP contribution < -0.4 is 5.56 Å². The maximum Gasteiger partial charge on any atom is 0.251 e. The van der Waals surface area contributed by atoms with E-state index >= 15 is 0 Å². The molecular formula is C19H22N4O2. The van der Waals surface area contributed by atoms with Crippen molar-refractivity contribution < 1.29 is 4.79 Å². The maximum absolute atomic E-state index is 12.7. The predicted molar refractivity (Wildman–Crippen MR) is 94.3 cm³/mol. The molecule has 2 aromatic rings. The first-order valence-electron chi connectivity index (χ1n) is 8.73. The van der Waals surface area contributed by atoms with Crippen LogP contribution in [-0.4, -0.2) is 38.4 Å². The van der Waals surface area contributed by atoms with Gasteiger partial charge in [0.2, 0.25) is 5.91 Å². The Kier molecular flexibility index (Phi) is 3.71. The summed E-state index contributed by atoms with van der Waals surface area (Å²) in [5.41, 5.74) is 4.27. The number of pyridine rings is 1. The number of amides is 1. The normalized spacial score (nSPS) is 21.8. The molecule has 2 bridgehead atoms. The van der Waals surface area contributed by atoms with E-state index < -0.39 is 0 Å². The zero-order valence-corrected chi connectivity index (χ0v) is 14.8. The minimum absolute atomic E-state index is 0.0150. The van der Waals surface area contributed by atoms with Crippen LogP contribution in [0.1, 0.15) is 36.3 Å². The molecule has 0 unspecified atom stereocenters. The smallest absolute Gasteiger partial charge is 0.251 e. The predicted octanol–water partition coefficient (Wildman–Crippen LogP) is 1.89. The molecule has 25 heavy (non-hydrogen) atoms. The Morgan fingerprint density at radius 3 is 2.76 bits per heavy atom. The van der Waals surface area contributed by atoms with Crippen LogP contribution in [0, 0.1) is 19.8 Å². The topological polar surface area (TPSA) is 68.1 Å². The second-order valence-corrected chi connectivity index (χ2v) is 7.29. The van der Waals surface area contributed by atoms with Crippen LogP contribution in [0.25, 0.3) is 11.3 Å². The minimum Gasteiger partial charge on any atom is -0.342 e. The molecule has 6 nitrogen and oxygen atoms in total. The molecule has 2 aromatic heterocycles. The van der Waals surface area contributed by atoms with Crippen LogP contribution in [0.3, 0.4) is 0 Å². The first-order valence-corrected chi connectivity index (χ1v) is 8.73. The van der Waals surface area contributed by atoms with E-state index in [0.717, 1.165) is 41.3 Å². The molecule has 1 amide bonds. The van der Waals surface area contributed by atoms with Gasteiger partial charge in [0.25, 0.3) is 5.56 Å². The van der Waals surface area contributed by atoms with Crippen molar-refractivity contribution in [3.63, 3.8) is 0 Å².